The maximum atomic E-state index is 13.0. The van der Waals surface area contributed by atoms with Crippen molar-refractivity contribution in [3.63, 3.8) is 0 Å². The molecule has 1 aromatic heterocycles. The van der Waals surface area contributed by atoms with Crippen LogP contribution in [-0.4, -0.2) is 47.5 Å². The van der Waals surface area contributed by atoms with Gasteiger partial charge in [-0.25, -0.2) is 0 Å². The van der Waals surface area contributed by atoms with Gasteiger partial charge in [-0.1, -0.05) is 19.1 Å². The lowest BCUT2D eigenvalue weighted by Gasteiger charge is -2.20. The summed E-state index contributed by atoms with van der Waals surface area (Å²) in [5, 5.41) is 14.4. The van der Waals surface area contributed by atoms with E-state index in [0.717, 1.165) is 30.8 Å². The molecule has 0 spiro atoms. The zero-order chi connectivity index (χ0) is 22.0. The van der Waals surface area contributed by atoms with Gasteiger partial charge in [-0.15, -0.1) is 10.2 Å². The van der Waals surface area contributed by atoms with Gasteiger partial charge in [-0.2, -0.15) is 13.2 Å². The van der Waals surface area contributed by atoms with E-state index in [0.29, 0.717) is 37.8 Å². The fourth-order valence-corrected chi connectivity index (χ4v) is 2.86. The maximum Gasteiger partial charge on any atom is 0.416 e. The van der Waals surface area contributed by atoms with Gasteiger partial charge in [0, 0.05) is 39.8 Å². The summed E-state index contributed by atoms with van der Waals surface area (Å²) in [6.45, 7) is 6.14. The Bertz CT molecular complexity index is 806. The van der Waals surface area contributed by atoms with Gasteiger partial charge < -0.3 is 19.9 Å². The third-order valence-corrected chi connectivity index (χ3v) is 4.50. The van der Waals surface area contributed by atoms with Gasteiger partial charge in [0.15, 0.2) is 5.96 Å². The molecule has 30 heavy (non-hydrogen) atoms. The molecule has 10 heteroatoms. The zero-order valence-corrected chi connectivity index (χ0v) is 17.5. The van der Waals surface area contributed by atoms with Gasteiger partial charge in [0.05, 0.1) is 11.6 Å². The van der Waals surface area contributed by atoms with E-state index in [9.17, 15) is 13.2 Å². The summed E-state index contributed by atoms with van der Waals surface area (Å²) >= 11 is 0. The number of benzene rings is 1. The van der Waals surface area contributed by atoms with E-state index in [1.165, 1.54) is 6.07 Å². The van der Waals surface area contributed by atoms with Crippen molar-refractivity contribution in [1.29, 1.82) is 0 Å². The standard InChI is InChI=1S/C20H29F3N6O/c1-4-18-28-26-14-29(18)11-10-25-19(24-9-6-12-30-3)27-15(2)16-7-5-8-17(13-16)20(21,22)23/h5,7-8,13-15H,4,6,9-12H2,1-3H3,(H2,24,25,27). The Hall–Kier alpha value is -2.62. The number of methoxy groups -OCH3 is 1. The number of nitrogens with one attached hydrogen (secondary N) is 2. The van der Waals surface area contributed by atoms with Crippen LogP contribution in [0.4, 0.5) is 13.2 Å². The molecule has 0 bridgehead atoms. The molecule has 0 amide bonds. The van der Waals surface area contributed by atoms with Crippen molar-refractivity contribution in [2.24, 2.45) is 4.99 Å². The summed E-state index contributed by atoms with van der Waals surface area (Å²) in [5.74, 6) is 1.42. The van der Waals surface area contributed by atoms with Gasteiger partial charge in [0.1, 0.15) is 12.2 Å². The van der Waals surface area contributed by atoms with Gasteiger partial charge >= 0.3 is 6.18 Å². The van der Waals surface area contributed by atoms with Crippen molar-refractivity contribution in [3.8, 4) is 0 Å². The first-order chi connectivity index (χ1) is 14.3. The Kier molecular flexibility index (Phi) is 9.10. The first kappa shape index (κ1) is 23.7. The molecular weight excluding hydrogens is 397 g/mol. The second kappa shape index (κ2) is 11.5. The Morgan fingerprint density at radius 3 is 2.83 bits per heavy atom. The van der Waals surface area contributed by atoms with Crippen LogP contribution in [0, 0.1) is 0 Å². The van der Waals surface area contributed by atoms with E-state index in [1.807, 2.05) is 11.5 Å². The van der Waals surface area contributed by atoms with Gasteiger partial charge in [0.25, 0.3) is 0 Å². The van der Waals surface area contributed by atoms with Crippen LogP contribution in [0.5, 0.6) is 0 Å². The van der Waals surface area contributed by atoms with Crippen molar-refractivity contribution >= 4 is 5.96 Å². The van der Waals surface area contributed by atoms with E-state index in [4.69, 9.17) is 4.74 Å². The van der Waals surface area contributed by atoms with Gasteiger partial charge in [-0.3, -0.25) is 4.99 Å². The molecular formula is C20H29F3N6O. The average Bonchev–Trinajstić information content (AvgIpc) is 3.18. The molecule has 0 aliphatic rings. The summed E-state index contributed by atoms with van der Waals surface area (Å²) < 4.78 is 46.0. The van der Waals surface area contributed by atoms with Crippen LogP contribution in [0.2, 0.25) is 0 Å². The molecule has 0 aliphatic heterocycles. The van der Waals surface area contributed by atoms with Crippen LogP contribution in [-0.2, 0) is 23.9 Å². The summed E-state index contributed by atoms with van der Waals surface area (Å²) in [7, 11) is 1.63. The zero-order valence-electron chi connectivity index (χ0n) is 17.5. The van der Waals surface area contributed by atoms with Crippen LogP contribution in [0.15, 0.2) is 35.6 Å². The Labute approximate surface area is 174 Å². The van der Waals surface area contributed by atoms with E-state index in [1.54, 1.807) is 26.4 Å². The van der Waals surface area contributed by atoms with E-state index < -0.39 is 11.7 Å². The van der Waals surface area contributed by atoms with Crippen LogP contribution in [0.1, 0.15) is 43.3 Å². The van der Waals surface area contributed by atoms with E-state index >= 15 is 0 Å². The Morgan fingerprint density at radius 2 is 2.13 bits per heavy atom. The lowest BCUT2D eigenvalue weighted by molar-refractivity contribution is -0.137. The van der Waals surface area contributed by atoms with E-state index in [2.05, 4.69) is 25.8 Å². The number of aromatic nitrogens is 3. The molecule has 2 N–H and O–H groups in total. The number of halogens is 3. The number of guanidine groups is 1. The molecule has 7 nitrogen and oxygen atoms in total. The topological polar surface area (TPSA) is 76.4 Å². The quantitative estimate of drug-likeness (QED) is 0.347. The number of aryl methyl sites for hydroxylation is 1. The van der Waals surface area contributed by atoms with E-state index in [-0.39, 0.29) is 6.04 Å². The lowest BCUT2D eigenvalue weighted by atomic mass is 10.1. The van der Waals surface area contributed by atoms with Crippen LogP contribution in [0.25, 0.3) is 0 Å². The summed E-state index contributed by atoms with van der Waals surface area (Å²) in [6.07, 6.45) is -1.18. The number of nitrogens with zero attached hydrogens (tertiary/aromatic N) is 4. The highest BCUT2D eigenvalue weighted by atomic mass is 19.4. The highest BCUT2D eigenvalue weighted by Gasteiger charge is 2.30. The Balaban J connectivity index is 2.03. The van der Waals surface area contributed by atoms with Crippen molar-refractivity contribution in [2.75, 3.05) is 26.8 Å². The van der Waals surface area contributed by atoms with Crippen LogP contribution in [0.3, 0.4) is 0 Å². The second-order valence-corrected chi connectivity index (χ2v) is 6.79. The minimum absolute atomic E-state index is 0.359. The molecule has 0 saturated heterocycles. The van der Waals surface area contributed by atoms with Crippen molar-refractivity contribution in [1.82, 2.24) is 25.4 Å². The van der Waals surface area contributed by atoms with Crippen molar-refractivity contribution in [3.05, 3.63) is 47.5 Å². The number of ether oxygens (including phenoxy) is 1. The minimum atomic E-state index is -4.37. The normalized spacial score (nSPS) is 13.3. The van der Waals surface area contributed by atoms with Crippen molar-refractivity contribution in [2.45, 2.75) is 45.5 Å². The molecule has 1 unspecified atom stereocenters. The molecule has 1 aromatic carbocycles. The SMILES string of the molecule is CCc1nncn1CCNC(=NCCCOC)NC(C)c1cccc(C(F)(F)F)c1. The predicted molar refractivity (Wildman–Crippen MR) is 109 cm³/mol. The molecule has 1 heterocycles. The molecule has 2 aromatic rings. The summed E-state index contributed by atoms with van der Waals surface area (Å²) in [4.78, 5) is 4.51. The number of hydrogen-bond donors (Lipinski definition) is 2. The highest BCUT2D eigenvalue weighted by molar-refractivity contribution is 5.80. The van der Waals surface area contributed by atoms with Gasteiger partial charge in [0.2, 0.25) is 0 Å². The number of aliphatic imine (C=N–C) groups is 1. The number of alkyl halides is 3. The monoisotopic (exact) mass is 426 g/mol. The molecule has 2 rings (SSSR count). The Morgan fingerprint density at radius 1 is 1.33 bits per heavy atom. The largest absolute Gasteiger partial charge is 0.416 e. The maximum absolute atomic E-state index is 13.0. The average molecular weight is 426 g/mol. The predicted octanol–water partition coefficient (Wildman–Crippen LogP) is 3.19. The molecule has 0 fully saturated rings. The summed E-state index contributed by atoms with van der Waals surface area (Å²) in [6, 6.07) is 4.95. The minimum Gasteiger partial charge on any atom is -0.385 e. The van der Waals surface area contributed by atoms with Crippen LogP contribution < -0.4 is 10.6 Å². The molecule has 0 radical (unpaired) electrons. The second-order valence-electron chi connectivity index (χ2n) is 6.79. The number of hydrogen-bond acceptors (Lipinski definition) is 4. The highest BCUT2D eigenvalue weighted by Crippen LogP contribution is 2.30. The first-order valence-corrected chi connectivity index (χ1v) is 9.92. The van der Waals surface area contributed by atoms with Crippen molar-refractivity contribution < 1.29 is 17.9 Å². The lowest BCUT2D eigenvalue weighted by Crippen LogP contribution is -2.40. The fraction of sp³-hybridized carbons (Fsp3) is 0.550. The summed E-state index contributed by atoms with van der Waals surface area (Å²) in [5.41, 5.74) is -0.136. The molecule has 166 valence electrons. The fourth-order valence-electron chi connectivity index (χ4n) is 2.86. The third kappa shape index (κ3) is 7.33. The smallest absolute Gasteiger partial charge is 0.385 e. The molecule has 0 aliphatic carbocycles. The molecule has 0 saturated carbocycles. The van der Waals surface area contributed by atoms with Gasteiger partial charge in [-0.05, 0) is 31.0 Å². The first-order valence-electron chi connectivity index (χ1n) is 9.92. The number of rotatable bonds is 10. The third-order valence-electron chi connectivity index (χ3n) is 4.50. The van der Waals surface area contributed by atoms with Crippen LogP contribution >= 0.6 is 0 Å². The molecule has 1 atom stereocenters.